The molecule has 0 atom stereocenters. The Labute approximate surface area is 250 Å². The number of hydrogen-bond donors (Lipinski definition) is 3. The summed E-state index contributed by atoms with van der Waals surface area (Å²) in [5, 5.41) is 3.00. The first-order chi connectivity index (χ1) is 21.8. The minimum Gasteiger partial charge on any atom is -0.398 e. The Balaban J connectivity index is 1.60. The molecule has 0 unspecified atom stereocenters. The van der Waals surface area contributed by atoms with Crippen LogP contribution in [-0.4, -0.2) is 10.9 Å². The lowest BCUT2D eigenvalue weighted by Crippen LogP contribution is -2.20. The summed E-state index contributed by atoms with van der Waals surface area (Å²) in [6.45, 7) is 0. The molecule has 4 N–H and O–H groups in total. The second kappa shape index (κ2) is 9.26. The second-order valence-corrected chi connectivity index (χ2v) is 10.9. The highest BCUT2D eigenvalue weighted by Gasteiger charge is 2.23. The summed E-state index contributed by atoms with van der Waals surface area (Å²) in [7, 11) is 0. The Hall–Kier alpha value is -6.48. The molecule has 0 bridgehead atoms. The van der Waals surface area contributed by atoms with E-state index >= 15 is 0 Å². The summed E-state index contributed by atoms with van der Waals surface area (Å²) in [5.74, 6) is -0.547. The van der Waals surface area contributed by atoms with Gasteiger partial charge in [-0.05, 0) is 24.3 Å². The van der Waals surface area contributed by atoms with Gasteiger partial charge in [-0.25, -0.2) is 0 Å². The molecule has 0 aliphatic rings. The predicted octanol–water partition coefficient (Wildman–Crippen LogP) is 4.45. The number of nitrogens with two attached hydrogens (primary N) is 1. The first-order valence-corrected chi connectivity index (χ1v) is 14.0. The number of fused-ring (bicyclic) bond motifs is 8. The van der Waals surface area contributed by atoms with Crippen LogP contribution < -0.4 is 38.2 Å². The number of pyridine rings is 1. The number of aromatic amines is 1. The van der Waals surface area contributed by atoms with E-state index in [1.165, 1.54) is 36.4 Å². The van der Waals surface area contributed by atoms with E-state index in [-0.39, 0.29) is 76.3 Å². The van der Waals surface area contributed by atoms with Crippen molar-refractivity contribution >= 4 is 82.2 Å². The molecular formula is C36H19N3O6. The Morgan fingerprint density at radius 1 is 0.511 bits per heavy atom. The maximum Gasteiger partial charge on any atom is 0.255 e. The minimum atomic E-state index is -0.607. The summed E-state index contributed by atoms with van der Waals surface area (Å²) >= 11 is 0. The van der Waals surface area contributed by atoms with Gasteiger partial charge in [-0.15, -0.1) is 0 Å². The number of benzene rings is 7. The SMILES string of the molecule is Nc1cc2c(=O)c3cc(NC(=O)c4ccccc4)c4c(=O)c5ccccc5c(=O)c4c3[nH]c2c2c(=O)c3ccccc3c(=O)c12. The lowest BCUT2D eigenvalue weighted by Gasteiger charge is -2.14. The van der Waals surface area contributed by atoms with E-state index in [0.29, 0.717) is 5.56 Å². The summed E-state index contributed by atoms with van der Waals surface area (Å²) < 4.78 is 0. The molecule has 9 heteroatoms. The van der Waals surface area contributed by atoms with Crippen LogP contribution in [-0.2, 0) is 0 Å². The zero-order valence-corrected chi connectivity index (χ0v) is 23.2. The fourth-order valence-electron chi connectivity index (χ4n) is 6.39. The zero-order valence-electron chi connectivity index (χ0n) is 23.2. The molecule has 0 fully saturated rings. The van der Waals surface area contributed by atoms with Crippen molar-refractivity contribution in [3.8, 4) is 0 Å². The number of hydrogen-bond acceptors (Lipinski definition) is 7. The van der Waals surface area contributed by atoms with Gasteiger partial charge in [0.15, 0.2) is 27.1 Å². The highest BCUT2D eigenvalue weighted by Crippen LogP contribution is 2.32. The number of aromatic nitrogens is 1. The molecule has 1 amide bonds. The molecule has 214 valence electrons. The van der Waals surface area contributed by atoms with Crippen molar-refractivity contribution in [3.63, 3.8) is 0 Å². The normalized spacial score (nSPS) is 11.7. The van der Waals surface area contributed by atoms with Gasteiger partial charge < -0.3 is 16.0 Å². The Morgan fingerprint density at radius 3 is 1.51 bits per heavy atom. The molecule has 8 rings (SSSR count). The van der Waals surface area contributed by atoms with Crippen LogP contribution in [0.1, 0.15) is 10.4 Å². The molecule has 0 saturated carbocycles. The van der Waals surface area contributed by atoms with Crippen molar-refractivity contribution in [1.29, 1.82) is 0 Å². The summed E-state index contributed by atoms with van der Waals surface area (Å²) in [4.78, 5) is 86.0. The monoisotopic (exact) mass is 589 g/mol. The molecule has 9 nitrogen and oxygen atoms in total. The van der Waals surface area contributed by atoms with E-state index in [0.717, 1.165) is 0 Å². The van der Waals surface area contributed by atoms with Crippen molar-refractivity contribution in [2.75, 3.05) is 11.1 Å². The standard InChI is InChI=1S/C36H19N3O6/c37-23-14-21-29(27-25(23)32(41)17-10-4-6-12-19(17)34(27)43)39-30-22(31(21)40)15-24(38-36(45)16-8-2-1-3-9-16)26-28(30)35(44)20-13-7-5-11-18(20)33(26)42/h1-15H,37H2,(H,38,45)(H,39,40). The lowest BCUT2D eigenvalue weighted by molar-refractivity contribution is 0.102. The van der Waals surface area contributed by atoms with E-state index in [1.54, 1.807) is 54.6 Å². The van der Waals surface area contributed by atoms with Crippen LogP contribution in [0.15, 0.2) is 115 Å². The average Bonchev–Trinajstić information content (AvgIpc) is 3.06. The number of anilines is 2. The van der Waals surface area contributed by atoms with Crippen LogP contribution in [0, 0.1) is 0 Å². The first kappa shape index (κ1) is 26.2. The second-order valence-electron chi connectivity index (χ2n) is 10.9. The van der Waals surface area contributed by atoms with Gasteiger partial charge in [-0.2, -0.15) is 0 Å². The highest BCUT2D eigenvalue weighted by molar-refractivity contribution is 6.22. The third-order valence-corrected chi connectivity index (χ3v) is 8.45. The van der Waals surface area contributed by atoms with Crippen molar-refractivity contribution in [2.45, 2.75) is 0 Å². The number of H-pyrrole nitrogens is 1. The van der Waals surface area contributed by atoms with Crippen molar-refractivity contribution < 1.29 is 4.79 Å². The van der Waals surface area contributed by atoms with Gasteiger partial charge in [0.05, 0.1) is 38.3 Å². The maximum atomic E-state index is 14.2. The summed E-state index contributed by atoms with van der Waals surface area (Å²) in [5.41, 5.74) is 3.91. The third kappa shape index (κ3) is 3.55. The number of nitrogen functional groups attached to an aromatic ring is 1. The molecule has 1 heterocycles. The Bertz CT molecular complexity index is 2920. The van der Waals surface area contributed by atoms with E-state index < -0.39 is 33.1 Å². The van der Waals surface area contributed by atoms with Crippen molar-refractivity contribution in [3.05, 3.63) is 148 Å². The number of carbonyl (C=O) groups excluding carboxylic acids is 1. The zero-order chi connectivity index (χ0) is 31.1. The first-order valence-electron chi connectivity index (χ1n) is 14.0. The third-order valence-electron chi connectivity index (χ3n) is 8.45. The van der Waals surface area contributed by atoms with Gasteiger partial charge in [0.25, 0.3) is 5.91 Å². The molecule has 0 aliphatic heterocycles. The molecule has 0 aliphatic carbocycles. The molecular weight excluding hydrogens is 570 g/mol. The molecule has 0 spiro atoms. The maximum absolute atomic E-state index is 14.2. The molecule has 45 heavy (non-hydrogen) atoms. The number of rotatable bonds is 2. The molecule has 0 radical (unpaired) electrons. The fraction of sp³-hybridized carbons (Fsp3) is 0. The van der Waals surface area contributed by atoms with Crippen molar-refractivity contribution in [1.82, 2.24) is 4.98 Å². The molecule has 1 aromatic heterocycles. The van der Waals surface area contributed by atoms with Gasteiger partial charge in [-0.1, -0.05) is 66.7 Å². The summed E-state index contributed by atoms with van der Waals surface area (Å²) in [6.07, 6.45) is 0. The topological polar surface area (TPSA) is 156 Å². The van der Waals surface area contributed by atoms with Crippen LogP contribution >= 0.6 is 0 Å². The molecule has 7 aromatic carbocycles. The van der Waals surface area contributed by atoms with Crippen LogP contribution in [0.25, 0.3) is 64.9 Å². The summed E-state index contributed by atoms with van der Waals surface area (Å²) in [6, 6.07) is 23.6. The van der Waals surface area contributed by atoms with Gasteiger partial charge in [-0.3, -0.25) is 28.8 Å². The lowest BCUT2D eigenvalue weighted by atomic mass is 9.95. The van der Waals surface area contributed by atoms with Crippen LogP contribution in [0.3, 0.4) is 0 Å². The largest absolute Gasteiger partial charge is 0.398 e. The minimum absolute atomic E-state index is 0.000794. The smallest absolute Gasteiger partial charge is 0.255 e. The van der Waals surface area contributed by atoms with Crippen molar-refractivity contribution in [2.24, 2.45) is 0 Å². The van der Waals surface area contributed by atoms with Gasteiger partial charge in [0.2, 0.25) is 0 Å². The molecule has 0 saturated heterocycles. The number of amides is 1. The fourth-order valence-corrected chi connectivity index (χ4v) is 6.39. The van der Waals surface area contributed by atoms with Gasteiger partial charge >= 0.3 is 0 Å². The van der Waals surface area contributed by atoms with E-state index in [2.05, 4.69) is 10.3 Å². The van der Waals surface area contributed by atoms with Crippen LogP contribution in [0.5, 0.6) is 0 Å². The van der Waals surface area contributed by atoms with Crippen LogP contribution in [0.2, 0.25) is 0 Å². The average molecular weight is 590 g/mol. The number of carbonyl (C=O) groups is 1. The molecule has 8 aromatic rings. The van der Waals surface area contributed by atoms with Gasteiger partial charge in [0, 0.05) is 43.6 Å². The van der Waals surface area contributed by atoms with E-state index in [4.69, 9.17) is 5.73 Å². The van der Waals surface area contributed by atoms with Gasteiger partial charge in [0.1, 0.15) is 0 Å². The Morgan fingerprint density at radius 2 is 0.956 bits per heavy atom. The predicted molar refractivity (Wildman–Crippen MR) is 178 cm³/mol. The van der Waals surface area contributed by atoms with E-state index in [1.807, 2.05) is 0 Å². The quantitative estimate of drug-likeness (QED) is 0.153. The van der Waals surface area contributed by atoms with E-state index in [9.17, 15) is 28.8 Å². The highest BCUT2D eigenvalue weighted by atomic mass is 16.2. The van der Waals surface area contributed by atoms with Crippen LogP contribution in [0.4, 0.5) is 11.4 Å². The number of nitrogens with one attached hydrogen (secondary N) is 2. The Kier molecular flexibility index (Phi) is 5.38.